The van der Waals surface area contributed by atoms with Crippen molar-refractivity contribution in [2.24, 2.45) is 7.05 Å². The lowest BCUT2D eigenvalue weighted by molar-refractivity contribution is -0.0528. The number of nitrogens with one attached hydrogen (secondary N) is 1. The van der Waals surface area contributed by atoms with Crippen LogP contribution in [0.2, 0.25) is 0 Å². The van der Waals surface area contributed by atoms with E-state index in [1.807, 2.05) is 0 Å². The number of aromatic amines is 1. The lowest BCUT2D eigenvalue weighted by atomic mass is 9.88. The maximum atomic E-state index is 12.0. The highest BCUT2D eigenvalue weighted by molar-refractivity contribution is 7.32. The second kappa shape index (κ2) is 8.16. The fraction of sp³-hybridized carbons (Fsp3) is 0.733. The van der Waals surface area contributed by atoms with Crippen LogP contribution in [0.4, 0.5) is 0 Å². The molecule has 1 aromatic heterocycles. The molecule has 148 valence electrons. The van der Waals surface area contributed by atoms with Crippen LogP contribution in [-0.2, 0) is 20.9 Å². The second-order valence-corrected chi connectivity index (χ2v) is 7.23. The highest BCUT2D eigenvalue weighted by atomic mass is 31.1. The van der Waals surface area contributed by atoms with Crippen molar-refractivity contribution in [3.05, 3.63) is 32.6 Å². The summed E-state index contributed by atoms with van der Waals surface area (Å²) in [6.45, 7) is 3.56. The quantitative estimate of drug-likeness (QED) is 0.457. The van der Waals surface area contributed by atoms with E-state index in [0.717, 1.165) is 4.57 Å². The van der Waals surface area contributed by atoms with Crippen LogP contribution in [0.15, 0.2) is 15.8 Å². The SMILES string of the molecule is CCC(CC)(C[C@H]1OC(c2cn(C)c(=O)[nH]c2=O)[C@H](O)[C@@H]1O)O[PH](=O)O. The zero-order valence-corrected chi connectivity index (χ0v) is 15.8. The molecule has 0 aromatic carbocycles. The molecular weight excluding hydrogens is 367 g/mol. The highest BCUT2D eigenvalue weighted by Crippen LogP contribution is 2.41. The van der Waals surface area contributed by atoms with Gasteiger partial charge in [0, 0.05) is 19.7 Å². The van der Waals surface area contributed by atoms with Gasteiger partial charge in [0.2, 0.25) is 0 Å². The molecule has 26 heavy (non-hydrogen) atoms. The normalized spacial score (nSPS) is 27.6. The number of aromatic nitrogens is 2. The van der Waals surface area contributed by atoms with Crippen molar-refractivity contribution >= 4 is 8.25 Å². The number of aliphatic hydroxyl groups excluding tert-OH is 2. The maximum Gasteiger partial charge on any atom is 0.328 e. The topological polar surface area (TPSA) is 151 Å². The molecule has 11 heteroatoms. The van der Waals surface area contributed by atoms with Crippen LogP contribution in [0, 0.1) is 0 Å². The number of rotatable bonds is 7. The Morgan fingerprint density at radius 1 is 1.31 bits per heavy atom. The number of H-pyrrole nitrogens is 1. The zero-order valence-electron chi connectivity index (χ0n) is 14.8. The van der Waals surface area contributed by atoms with E-state index in [1.165, 1.54) is 13.2 Å². The van der Waals surface area contributed by atoms with E-state index in [9.17, 15) is 24.4 Å². The molecule has 10 nitrogen and oxygen atoms in total. The molecule has 1 aliphatic heterocycles. The van der Waals surface area contributed by atoms with Gasteiger partial charge < -0.3 is 28.9 Å². The van der Waals surface area contributed by atoms with Crippen molar-refractivity contribution in [2.45, 2.75) is 63.1 Å². The number of aryl methyl sites for hydroxylation is 1. The summed E-state index contributed by atoms with van der Waals surface area (Å²) in [4.78, 5) is 34.8. The van der Waals surface area contributed by atoms with Crippen LogP contribution in [0.1, 0.15) is 44.8 Å². The van der Waals surface area contributed by atoms with Gasteiger partial charge in [0.15, 0.2) is 0 Å². The molecule has 2 rings (SSSR count). The Hall–Kier alpha value is -1.29. The van der Waals surface area contributed by atoms with Gasteiger partial charge in [0.1, 0.15) is 18.3 Å². The van der Waals surface area contributed by atoms with Gasteiger partial charge in [-0.1, -0.05) is 13.8 Å². The second-order valence-electron chi connectivity index (χ2n) is 6.49. The smallest absolute Gasteiger partial charge is 0.328 e. The Balaban J connectivity index is 2.29. The van der Waals surface area contributed by atoms with Crippen LogP contribution in [0.5, 0.6) is 0 Å². The first-order valence-electron chi connectivity index (χ1n) is 8.37. The summed E-state index contributed by atoms with van der Waals surface area (Å²) >= 11 is 0. The molecule has 1 aliphatic rings. The molecule has 0 amide bonds. The molecule has 0 bridgehead atoms. The first-order valence-corrected chi connectivity index (χ1v) is 9.64. The number of ether oxygens (including phenoxy) is 1. The Morgan fingerprint density at radius 2 is 1.92 bits per heavy atom. The molecule has 2 unspecified atom stereocenters. The molecule has 0 spiro atoms. The predicted octanol–water partition coefficient (Wildman–Crippen LogP) is -0.417. The highest BCUT2D eigenvalue weighted by Gasteiger charge is 2.47. The standard InChI is InChI=1S/C15H25N2O8P/c1-4-15(5-2,25-26(22)23)6-9-10(18)11(19)12(24-9)8-7-17(3)14(21)16-13(8)20/h7,9-12,18-19,26H,4-6H2,1-3H3,(H,22,23)(H,16,20,21)/t9-,10-,11-,12?/m1/s1. The van der Waals surface area contributed by atoms with E-state index in [4.69, 9.17) is 14.2 Å². The van der Waals surface area contributed by atoms with Crippen LogP contribution >= 0.6 is 8.25 Å². The zero-order chi connectivity index (χ0) is 19.6. The lowest BCUT2D eigenvalue weighted by Gasteiger charge is -2.33. The Morgan fingerprint density at radius 3 is 2.46 bits per heavy atom. The maximum absolute atomic E-state index is 12.0. The number of aliphatic hydroxyl groups is 2. The average Bonchev–Trinajstić information content (AvgIpc) is 2.85. The van der Waals surface area contributed by atoms with Gasteiger partial charge in [0.25, 0.3) is 5.56 Å². The Labute approximate surface area is 150 Å². The fourth-order valence-corrected chi connectivity index (χ4v) is 3.98. The van der Waals surface area contributed by atoms with Gasteiger partial charge in [-0.25, -0.2) is 4.79 Å². The number of hydrogen-bond donors (Lipinski definition) is 4. The van der Waals surface area contributed by atoms with Crippen LogP contribution in [0.3, 0.4) is 0 Å². The minimum atomic E-state index is -3.21. The van der Waals surface area contributed by atoms with E-state index in [2.05, 4.69) is 4.98 Å². The third-order valence-corrected chi connectivity index (χ3v) is 5.58. The van der Waals surface area contributed by atoms with Gasteiger partial charge >= 0.3 is 13.9 Å². The van der Waals surface area contributed by atoms with Crippen LogP contribution in [0.25, 0.3) is 0 Å². The summed E-state index contributed by atoms with van der Waals surface area (Å²) in [5.41, 5.74) is -2.31. The fourth-order valence-electron chi connectivity index (χ4n) is 3.24. The van der Waals surface area contributed by atoms with Gasteiger partial charge in [0.05, 0.1) is 17.3 Å². The minimum Gasteiger partial charge on any atom is -0.388 e. The summed E-state index contributed by atoms with van der Waals surface area (Å²) in [5, 5.41) is 20.7. The summed E-state index contributed by atoms with van der Waals surface area (Å²) < 4.78 is 23.2. The van der Waals surface area contributed by atoms with E-state index < -0.39 is 49.5 Å². The van der Waals surface area contributed by atoms with Crippen LogP contribution < -0.4 is 11.2 Å². The molecule has 0 saturated carbocycles. The molecule has 0 radical (unpaired) electrons. The van der Waals surface area contributed by atoms with E-state index in [0.29, 0.717) is 12.8 Å². The third-order valence-electron chi connectivity index (χ3n) is 4.97. The van der Waals surface area contributed by atoms with Crippen molar-refractivity contribution in [3.8, 4) is 0 Å². The van der Waals surface area contributed by atoms with Gasteiger partial charge in [-0.05, 0) is 12.8 Å². The molecule has 1 fully saturated rings. The van der Waals surface area contributed by atoms with Crippen LogP contribution in [-0.4, -0.2) is 48.6 Å². The van der Waals surface area contributed by atoms with Gasteiger partial charge in [-0.2, -0.15) is 0 Å². The van der Waals surface area contributed by atoms with Crippen molar-refractivity contribution in [3.63, 3.8) is 0 Å². The largest absolute Gasteiger partial charge is 0.388 e. The first kappa shape index (κ1) is 21.0. The summed E-state index contributed by atoms with van der Waals surface area (Å²) in [7, 11) is -1.78. The van der Waals surface area contributed by atoms with E-state index in [-0.39, 0.29) is 12.0 Å². The van der Waals surface area contributed by atoms with Crippen molar-refractivity contribution in [1.82, 2.24) is 9.55 Å². The molecule has 4 N–H and O–H groups in total. The van der Waals surface area contributed by atoms with E-state index >= 15 is 0 Å². The van der Waals surface area contributed by atoms with Gasteiger partial charge in [-0.3, -0.25) is 14.3 Å². The first-order chi connectivity index (χ1) is 12.1. The molecule has 0 aliphatic carbocycles. The predicted molar refractivity (Wildman–Crippen MR) is 92.2 cm³/mol. The number of hydrogen-bond acceptors (Lipinski definition) is 7. The van der Waals surface area contributed by atoms with Gasteiger partial charge in [-0.15, -0.1) is 0 Å². The molecular formula is C15H25N2O8P. The molecule has 1 aromatic rings. The lowest BCUT2D eigenvalue weighted by Crippen LogP contribution is -2.39. The third kappa shape index (κ3) is 4.16. The summed E-state index contributed by atoms with van der Waals surface area (Å²) in [5.74, 6) is 0. The average molecular weight is 392 g/mol. The van der Waals surface area contributed by atoms with E-state index in [1.54, 1.807) is 13.8 Å². The van der Waals surface area contributed by atoms with Crippen molar-refractivity contribution in [1.29, 1.82) is 0 Å². The summed E-state index contributed by atoms with van der Waals surface area (Å²) in [6.07, 6.45) is -2.65. The Bertz CT molecular complexity index is 772. The Kier molecular flexibility index (Phi) is 6.60. The minimum absolute atomic E-state index is 0.0106. The molecule has 2 heterocycles. The molecule has 1 saturated heterocycles. The summed E-state index contributed by atoms with van der Waals surface area (Å²) in [6, 6.07) is 0. The van der Waals surface area contributed by atoms with Crippen molar-refractivity contribution in [2.75, 3.05) is 0 Å². The molecule has 5 atom stereocenters. The number of nitrogens with zero attached hydrogens (tertiary/aromatic N) is 1. The van der Waals surface area contributed by atoms with Crippen molar-refractivity contribution < 1.29 is 28.9 Å². The monoisotopic (exact) mass is 392 g/mol.